The number of hydrogen-bond donors (Lipinski definition) is 0. The van der Waals surface area contributed by atoms with Crippen molar-refractivity contribution in [2.75, 3.05) is 23.0 Å². The normalized spacial score (nSPS) is 20.9. The summed E-state index contributed by atoms with van der Waals surface area (Å²) >= 11 is 32.9. The lowest BCUT2D eigenvalue weighted by Gasteiger charge is -2.16. The van der Waals surface area contributed by atoms with Crippen LogP contribution in [0.4, 0.5) is 0 Å². The summed E-state index contributed by atoms with van der Waals surface area (Å²) in [5.74, 6) is 8.35. The number of unbranched alkanes of at least 4 members (excludes halogenated alkanes) is 4. The molecule has 0 aromatic carbocycles. The van der Waals surface area contributed by atoms with E-state index >= 15 is 0 Å². The maximum atomic E-state index is 2.44. The van der Waals surface area contributed by atoms with Gasteiger partial charge in [-0.2, -0.15) is 0 Å². The zero-order valence-electron chi connectivity index (χ0n) is 43.9. The Morgan fingerprint density at radius 1 is 0.347 bits per heavy atom. The van der Waals surface area contributed by atoms with Gasteiger partial charge in [-0.25, -0.2) is 0 Å². The second kappa shape index (κ2) is 34.2. The van der Waals surface area contributed by atoms with Gasteiger partial charge >= 0.3 is 0 Å². The van der Waals surface area contributed by atoms with Crippen LogP contribution in [0.25, 0.3) is 0 Å². The number of hydrogen-bond acceptors (Lipinski definition) is 16. The molecule has 0 saturated carbocycles. The highest BCUT2D eigenvalue weighted by Gasteiger charge is 2.34. The third kappa shape index (κ3) is 19.4. The van der Waals surface area contributed by atoms with Crippen LogP contribution in [0.5, 0.6) is 0 Å². The molecule has 0 amide bonds. The highest BCUT2D eigenvalue weighted by molar-refractivity contribution is 8.49. The van der Waals surface area contributed by atoms with Crippen molar-refractivity contribution in [2.45, 2.75) is 171 Å². The Kier molecular flexibility index (Phi) is 29.7. The monoisotopic (exact) mass is 1260 g/mol. The smallest absolute Gasteiger partial charge is 0.0717 e. The lowest BCUT2D eigenvalue weighted by Crippen LogP contribution is -2.03. The van der Waals surface area contributed by atoms with E-state index in [1.807, 2.05) is 141 Å². The molecule has 0 radical (unpaired) electrons. The average molecular weight is 1260 g/mol. The van der Waals surface area contributed by atoms with E-state index in [1.54, 1.807) is 16.9 Å². The number of rotatable bonds is 30. The molecule has 0 spiro atoms. The highest BCUT2D eigenvalue weighted by Crippen LogP contribution is 2.70. The standard InChI is InChI=1S/C56H78S16/c1-9-17-21-37(13-5)33-57-49-50(58-34-38(14-6)22-18-10-2)62-43(61-49)29-31-45-65-53-54(66-45)70-47(69-53)41-25-27-42(28-26-41)48-71-55-56(72-48)68-46(67-55)32-30-44-63-51(59-35-39(15-7)23-19-11-3)52(64-44)60-36-40(16-8)24-20-12-4/h25,27,29-32,37-40H,9-24,26,28,33-36H2,1-8H3. The maximum absolute atomic E-state index is 2.44. The van der Waals surface area contributed by atoms with Crippen LogP contribution in [0.3, 0.4) is 0 Å². The Morgan fingerprint density at radius 3 is 0.819 bits per heavy atom. The van der Waals surface area contributed by atoms with Crippen molar-refractivity contribution in [2.24, 2.45) is 23.7 Å². The first-order valence-electron chi connectivity index (χ1n) is 26.9. The summed E-state index contributed by atoms with van der Waals surface area (Å²) in [7, 11) is 0. The van der Waals surface area contributed by atoms with E-state index in [0.717, 1.165) is 36.5 Å². The van der Waals surface area contributed by atoms with Gasteiger partial charge in [0.25, 0.3) is 0 Å². The molecule has 0 bridgehead atoms. The molecule has 0 aromatic heterocycles. The summed E-state index contributed by atoms with van der Waals surface area (Å²) < 4.78 is 21.0. The quantitative estimate of drug-likeness (QED) is 0.0670. The molecule has 0 aromatic rings. The topological polar surface area (TPSA) is 0 Å². The molecule has 1 aliphatic carbocycles. The molecular weight excluding hydrogens is 1190 g/mol. The Morgan fingerprint density at radius 2 is 0.597 bits per heavy atom. The second-order valence-corrected chi connectivity index (χ2v) is 39.1. The highest BCUT2D eigenvalue weighted by atomic mass is 32.3. The van der Waals surface area contributed by atoms with Crippen LogP contribution in [-0.2, 0) is 0 Å². The first-order chi connectivity index (χ1) is 35.3. The van der Waals surface area contributed by atoms with Crippen LogP contribution in [-0.4, -0.2) is 23.0 Å². The Hall–Kier alpha value is 2.74. The summed E-state index contributed by atoms with van der Waals surface area (Å²) in [5.41, 5.74) is 3.05. The van der Waals surface area contributed by atoms with E-state index in [1.165, 1.54) is 179 Å². The van der Waals surface area contributed by atoms with Gasteiger partial charge in [0.05, 0.1) is 59.3 Å². The maximum Gasteiger partial charge on any atom is 0.0717 e. The van der Waals surface area contributed by atoms with Gasteiger partial charge in [0.2, 0.25) is 0 Å². The van der Waals surface area contributed by atoms with Gasteiger partial charge in [-0.1, -0.05) is 286 Å². The zero-order valence-corrected chi connectivity index (χ0v) is 56.9. The third-order valence-electron chi connectivity index (χ3n) is 13.3. The fraction of sp³-hybridized carbons (Fsp3) is 0.607. The lowest BCUT2D eigenvalue weighted by molar-refractivity contribution is 0.500. The molecule has 4 atom stereocenters. The van der Waals surface area contributed by atoms with Crippen molar-refractivity contribution in [1.82, 2.24) is 0 Å². The molecule has 0 nitrogen and oxygen atoms in total. The molecule has 6 heterocycles. The van der Waals surface area contributed by atoms with Crippen LogP contribution in [0.2, 0.25) is 0 Å². The molecule has 7 aliphatic rings. The van der Waals surface area contributed by atoms with Gasteiger partial charge in [0.15, 0.2) is 0 Å². The molecular formula is C56H78S16. The van der Waals surface area contributed by atoms with E-state index < -0.39 is 0 Å². The van der Waals surface area contributed by atoms with E-state index in [4.69, 9.17) is 0 Å². The largest absolute Gasteiger partial charge is 0.117 e. The van der Waals surface area contributed by atoms with Gasteiger partial charge in [-0.3, -0.25) is 0 Å². The molecule has 4 unspecified atom stereocenters. The molecule has 16 heteroatoms. The average Bonchev–Trinajstić information content (AvgIpc) is 4.27. The van der Waals surface area contributed by atoms with E-state index in [2.05, 4.69) is 139 Å². The zero-order chi connectivity index (χ0) is 50.7. The van der Waals surface area contributed by atoms with Crippen molar-refractivity contribution in [3.8, 4) is 0 Å². The van der Waals surface area contributed by atoms with Gasteiger partial charge in [-0.05, 0) is 97.6 Å². The first-order valence-corrected chi connectivity index (χ1v) is 40.6. The minimum Gasteiger partial charge on any atom is -0.117 e. The molecule has 0 N–H and O–H groups in total. The summed E-state index contributed by atoms with van der Waals surface area (Å²) in [6.07, 6.45) is 38.2. The first kappa shape index (κ1) is 62.3. The van der Waals surface area contributed by atoms with Crippen molar-refractivity contribution in [3.63, 3.8) is 0 Å². The Labute approximate surface area is 506 Å². The summed E-state index contributed by atoms with van der Waals surface area (Å²) in [4.78, 5) is 0. The predicted molar refractivity (Wildman–Crippen MR) is 367 cm³/mol. The molecule has 0 fully saturated rings. The van der Waals surface area contributed by atoms with Crippen LogP contribution < -0.4 is 0 Å². The van der Waals surface area contributed by atoms with Crippen LogP contribution in [0, 0.1) is 23.7 Å². The van der Waals surface area contributed by atoms with Crippen molar-refractivity contribution in [1.29, 1.82) is 0 Å². The van der Waals surface area contributed by atoms with Crippen molar-refractivity contribution in [3.05, 3.63) is 107 Å². The fourth-order valence-corrected chi connectivity index (χ4v) is 33.2. The predicted octanol–water partition coefficient (Wildman–Crippen LogP) is 26.3. The number of thioether (sulfide) groups is 16. The van der Waals surface area contributed by atoms with Gasteiger partial charge in [0.1, 0.15) is 0 Å². The van der Waals surface area contributed by atoms with Crippen LogP contribution in [0.1, 0.15) is 171 Å². The van der Waals surface area contributed by atoms with Crippen molar-refractivity contribution >= 4 is 188 Å². The molecule has 398 valence electrons. The fourth-order valence-electron chi connectivity index (χ4n) is 8.28. The van der Waals surface area contributed by atoms with Gasteiger partial charge in [0, 0.05) is 23.0 Å². The second-order valence-electron chi connectivity index (χ2n) is 18.8. The summed E-state index contributed by atoms with van der Waals surface area (Å²) in [6, 6.07) is 0. The Balaban J connectivity index is 0.886. The van der Waals surface area contributed by atoms with E-state index in [0.29, 0.717) is 0 Å². The van der Waals surface area contributed by atoms with Gasteiger partial charge in [-0.15, -0.1) is 47.0 Å². The van der Waals surface area contributed by atoms with Crippen LogP contribution in [0.15, 0.2) is 107 Å². The molecule has 6 aliphatic heterocycles. The molecule has 72 heavy (non-hydrogen) atoms. The summed E-state index contributed by atoms with van der Waals surface area (Å²) in [5, 5.41) is 0. The Bertz CT molecular complexity index is 1940. The minimum atomic E-state index is 0.828. The SMILES string of the molecule is CCCCC(CC)CSC1=C(SCC(CC)CCCC)SC(=CC=C2SC3=C(S2)SC(=C2C=CC(=C4SC5=C(SC(=CC=C6SC(SCC(CC)CCCC)=C(SCC(CC)CCCC)S6)S5)S4)CC2)S3)S1. The van der Waals surface area contributed by atoms with Crippen LogP contribution >= 0.6 is 188 Å². The molecule has 0 saturated heterocycles. The third-order valence-corrected chi connectivity index (χ3v) is 36.4. The number of allylic oxidation sites excluding steroid dienone is 8. The van der Waals surface area contributed by atoms with Crippen molar-refractivity contribution < 1.29 is 0 Å². The minimum absolute atomic E-state index is 0.828. The van der Waals surface area contributed by atoms with E-state index in [9.17, 15) is 0 Å². The summed E-state index contributed by atoms with van der Waals surface area (Å²) in [6.45, 7) is 18.9. The van der Waals surface area contributed by atoms with E-state index in [-0.39, 0.29) is 0 Å². The molecule has 7 rings (SSSR count). The lowest BCUT2D eigenvalue weighted by atomic mass is 10.00. The van der Waals surface area contributed by atoms with Gasteiger partial charge < -0.3 is 0 Å².